The number of hydrogen-bond acceptors (Lipinski definition) is 3. The largest absolute Gasteiger partial charge is 0.365 e. The second-order valence-corrected chi connectivity index (χ2v) is 5.24. The summed E-state index contributed by atoms with van der Waals surface area (Å²) in [4.78, 5) is 11.7. The zero-order chi connectivity index (χ0) is 14.1. The third-order valence-electron chi connectivity index (χ3n) is 3.54. The molecule has 1 amide bonds. The molecular formula is C15H28N2O2. The third-order valence-corrected chi connectivity index (χ3v) is 3.54. The van der Waals surface area contributed by atoms with E-state index < -0.39 is 0 Å². The first-order valence-electron chi connectivity index (χ1n) is 7.44. The van der Waals surface area contributed by atoms with E-state index in [-0.39, 0.29) is 18.1 Å². The van der Waals surface area contributed by atoms with Crippen LogP contribution >= 0.6 is 0 Å². The summed E-state index contributed by atoms with van der Waals surface area (Å²) in [6.07, 6.45) is 7.08. The van der Waals surface area contributed by atoms with Gasteiger partial charge in [0.15, 0.2) is 0 Å². The van der Waals surface area contributed by atoms with Crippen LogP contribution in [0.1, 0.15) is 46.0 Å². The number of carbonyl (C=O) groups excluding carboxylic acids is 1. The lowest BCUT2D eigenvalue weighted by atomic mass is 9.93. The molecule has 4 nitrogen and oxygen atoms in total. The van der Waals surface area contributed by atoms with Crippen LogP contribution in [-0.2, 0) is 9.53 Å². The van der Waals surface area contributed by atoms with E-state index in [9.17, 15) is 4.79 Å². The minimum atomic E-state index is -0.370. The first kappa shape index (κ1) is 16.2. The predicted octanol–water partition coefficient (Wildman–Crippen LogP) is 2.00. The molecule has 0 aromatic carbocycles. The van der Waals surface area contributed by atoms with E-state index in [2.05, 4.69) is 24.1 Å². The summed E-state index contributed by atoms with van der Waals surface area (Å²) in [6.45, 7) is 9.18. The van der Waals surface area contributed by atoms with Gasteiger partial charge in [0.2, 0.25) is 5.91 Å². The summed E-state index contributed by atoms with van der Waals surface area (Å²) in [7, 11) is 0. The van der Waals surface area contributed by atoms with Crippen LogP contribution in [0.25, 0.3) is 0 Å². The fourth-order valence-electron chi connectivity index (χ4n) is 2.42. The molecule has 1 saturated carbocycles. The van der Waals surface area contributed by atoms with Gasteiger partial charge < -0.3 is 15.4 Å². The van der Waals surface area contributed by atoms with Crippen molar-refractivity contribution < 1.29 is 9.53 Å². The SMILES string of the molecule is C=CCNC(=O)C(C)OC1CCC(NCCC)CC1. The van der Waals surface area contributed by atoms with Gasteiger partial charge in [0.1, 0.15) is 6.10 Å². The molecule has 0 aromatic heterocycles. The molecule has 0 aromatic rings. The van der Waals surface area contributed by atoms with Gasteiger partial charge in [-0.25, -0.2) is 0 Å². The summed E-state index contributed by atoms with van der Waals surface area (Å²) >= 11 is 0. The van der Waals surface area contributed by atoms with Crippen molar-refractivity contribution in [3.63, 3.8) is 0 Å². The first-order valence-corrected chi connectivity index (χ1v) is 7.44. The van der Waals surface area contributed by atoms with Gasteiger partial charge in [-0.3, -0.25) is 4.79 Å². The van der Waals surface area contributed by atoms with Crippen LogP contribution in [0.15, 0.2) is 12.7 Å². The number of nitrogens with one attached hydrogen (secondary N) is 2. The molecule has 0 spiro atoms. The number of amides is 1. The summed E-state index contributed by atoms with van der Waals surface area (Å²) in [6, 6.07) is 0.629. The lowest BCUT2D eigenvalue weighted by Crippen LogP contribution is -2.40. The zero-order valence-electron chi connectivity index (χ0n) is 12.3. The smallest absolute Gasteiger partial charge is 0.249 e. The van der Waals surface area contributed by atoms with Crippen molar-refractivity contribution in [3.05, 3.63) is 12.7 Å². The van der Waals surface area contributed by atoms with Crippen molar-refractivity contribution in [1.29, 1.82) is 0 Å². The Hall–Kier alpha value is -0.870. The zero-order valence-corrected chi connectivity index (χ0v) is 12.3. The lowest BCUT2D eigenvalue weighted by Gasteiger charge is -2.30. The molecule has 110 valence electrons. The minimum Gasteiger partial charge on any atom is -0.365 e. The van der Waals surface area contributed by atoms with Gasteiger partial charge in [-0.2, -0.15) is 0 Å². The van der Waals surface area contributed by atoms with Crippen molar-refractivity contribution >= 4 is 5.91 Å². The van der Waals surface area contributed by atoms with Gasteiger partial charge in [0, 0.05) is 12.6 Å². The predicted molar refractivity (Wildman–Crippen MR) is 78.1 cm³/mol. The maximum absolute atomic E-state index is 11.7. The standard InChI is InChI=1S/C15H28N2O2/c1-4-10-16-13-6-8-14(9-7-13)19-12(3)15(18)17-11-5-2/h5,12-14,16H,2,4,6-11H2,1,3H3,(H,17,18). The second kappa shape index (κ2) is 9.10. The minimum absolute atomic E-state index is 0.0499. The molecule has 19 heavy (non-hydrogen) atoms. The average Bonchev–Trinajstić information content (AvgIpc) is 2.43. The Morgan fingerprint density at radius 1 is 1.42 bits per heavy atom. The summed E-state index contributed by atoms with van der Waals surface area (Å²) in [5.74, 6) is -0.0499. The molecule has 1 atom stereocenters. The van der Waals surface area contributed by atoms with E-state index >= 15 is 0 Å². The van der Waals surface area contributed by atoms with Gasteiger partial charge >= 0.3 is 0 Å². The normalized spacial score (nSPS) is 24.7. The first-order chi connectivity index (χ1) is 9.17. The number of ether oxygens (including phenoxy) is 1. The molecule has 1 aliphatic carbocycles. The van der Waals surface area contributed by atoms with Crippen LogP contribution in [0.3, 0.4) is 0 Å². The van der Waals surface area contributed by atoms with Crippen LogP contribution in [0, 0.1) is 0 Å². The Kier molecular flexibility index (Phi) is 7.75. The van der Waals surface area contributed by atoms with Crippen molar-refractivity contribution in [3.8, 4) is 0 Å². The van der Waals surface area contributed by atoms with Crippen molar-refractivity contribution in [2.45, 2.75) is 64.2 Å². The van der Waals surface area contributed by atoms with Crippen LogP contribution in [0.2, 0.25) is 0 Å². The van der Waals surface area contributed by atoms with Gasteiger partial charge in [0.05, 0.1) is 6.10 Å². The van der Waals surface area contributed by atoms with E-state index in [1.165, 1.54) is 6.42 Å². The Balaban J connectivity index is 2.20. The summed E-state index contributed by atoms with van der Waals surface area (Å²) < 4.78 is 5.83. The molecule has 0 saturated heterocycles. The van der Waals surface area contributed by atoms with Crippen LogP contribution in [-0.4, -0.2) is 37.2 Å². The molecule has 4 heteroatoms. The molecule has 2 N–H and O–H groups in total. The molecule has 0 aliphatic heterocycles. The fourth-order valence-corrected chi connectivity index (χ4v) is 2.42. The Morgan fingerprint density at radius 3 is 2.68 bits per heavy atom. The van der Waals surface area contributed by atoms with Crippen molar-refractivity contribution in [1.82, 2.24) is 10.6 Å². The van der Waals surface area contributed by atoms with E-state index in [4.69, 9.17) is 4.74 Å². The molecular weight excluding hydrogens is 240 g/mol. The third kappa shape index (κ3) is 6.21. The molecule has 1 rings (SSSR count). The van der Waals surface area contributed by atoms with Gasteiger partial charge in [0.25, 0.3) is 0 Å². The maximum atomic E-state index is 11.7. The van der Waals surface area contributed by atoms with Crippen molar-refractivity contribution in [2.24, 2.45) is 0 Å². The molecule has 0 heterocycles. The maximum Gasteiger partial charge on any atom is 0.249 e. The van der Waals surface area contributed by atoms with E-state index in [0.29, 0.717) is 12.6 Å². The highest BCUT2D eigenvalue weighted by Gasteiger charge is 2.24. The fraction of sp³-hybridized carbons (Fsp3) is 0.800. The molecule has 1 aliphatic rings. The van der Waals surface area contributed by atoms with Crippen LogP contribution in [0.4, 0.5) is 0 Å². The summed E-state index contributed by atoms with van der Waals surface area (Å²) in [5, 5.41) is 6.31. The van der Waals surface area contributed by atoms with Gasteiger partial charge in [-0.15, -0.1) is 6.58 Å². The van der Waals surface area contributed by atoms with Gasteiger partial charge in [-0.05, 0) is 45.6 Å². The highest BCUT2D eigenvalue weighted by molar-refractivity contribution is 5.80. The quantitative estimate of drug-likeness (QED) is 0.662. The van der Waals surface area contributed by atoms with Crippen LogP contribution in [0.5, 0.6) is 0 Å². The summed E-state index contributed by atoms with van der Waals surface area (Å²) in [5.41, 5.74) is 0. The molecule has 0 bridgehead atoms. The molecule has 0 radical (unpaired) electrons. The monoisotopic (exact) mass is 268 g/mol. The Labute approximate surface area is 117 Å². The topological polar surface area (TPSA) is 50.4 Å². The highest BCUT2D eigenvalue weighted by atomic mass is 16.5. The lowest BCUT2D eigenvalue weighted by molar-refractivity contribution is -0.136. The Morgan fingerprint density at radius 2 is 2.11 bits per heavy atom. The Bertz CT molecular complexity index is 273. The number of rotatable bonds is 8. The van der Waals surface area contributed by atoms with Crippen LogP contribution < -0.4 is 10.6 Å². The van der Waals surface area contributed by atoms with Gasteiger partial charge in [-0.1, -0.05) is 13.0 Å². The average molecular weight is 268 g/mol. The van der Waals surface area contributed by atoms with E-state index in [0.717, 1.165) is 32.2 Å². The molecule has 1 fully saturated rings. The van der Waals surface area contributed by atoms with Crippen molar-refractivity contribution in [2.75, 3.05) is 13.1 Å². The number of hydrogen-bond donors (Lipinski definition) is 2. The number of carbonyl (C=O) groups is 1. The molecule has 1 unspecified atom stereocenters. The second-order valence-electron chi connectivity index (χ2n) is 5.24. The van der Waals surface area contributed by atoms with E-state index in [1.54, 1.807) is 6.08 Å². The van der Waals surface area contributed by atoms with E-state index in [1.807, 2.05) is 6.92 Å². The highest BCUT2D eigenvalue weighted by Crippen LogP contribution is 2.22.